The third-order valence-electron chi connectivity index (χ3n) is 3.53. The Balaban J connectivity index is 2.36. The lowest BCUT2D eigenvalue weighted by atomic mass is 9.85. The van der Waals surface area contributed by atoms with Crippen LogP contribution in [0.5, 0.6) is 0 Å². The fourth-order valence-electron chi connectivity index (χ4n) is 2.79. The molecule has 1 N–H and O–H groups in total. The molecule has 1 aliphatic carbocycles. The minimum absolute atomic E-state index is 0.211. The first-order valence-electron chi connectivity index (χ1n) is 5.88. The van der Waals surface area contributed by atoms with E-state index in [2.05, 4.69) is 5.10 Å². The Kier molecular flexibility index (Phi) is 2.99. The van der Waals surface area contributed by atoms with E-state index in [1.165, 1.54) is 32.1 Å². The van der Waals surface area contributed by atoms with E-state index in [1.54, 1.807) is 4.68 Å². The van der Waals surface area contributed by atoms with E-state index in [-0.39, 0.29) is 5.69 Å². The van der Waals surface area contributed by atoms with Crippen molar-refractivity contribution in [2.45, 2.75) is 44.9 Å². The van der Waals surface area contributed by atoms with Gasteiger partial charge in [0.2, 0.25) is 0 Å². The molecular formula is C12H18N2O2. The van der Waals surface area contributed by atoms with Gasteiger partial charge >= 0.3 is 5.97 Å². The van der Waals surface area contributed by atoms with Crippen molar-refractivity contribution in [1.82, 2.24) is 9.78 Å². The van der Waals surface area contributed by atoms with Gasteiger partial charge in [-0.25, -0.2) is 4.79 Å². The molecule has 4 heteroatoms. The zero-order valence-electron chi connectivity index (χ0n) is 9.86. The highest BCUT2D eigenvalue weighted by Crippen LogP contribution is 2.34. The molecule has 1 fully saturated rings. The second-order valence-corrected chi connectivity index (χ2v) is 4.62. The number of rotatable bonds is 2. The highest BCUT2D eigenvalue weighted by Gasteiger charge is 2.25. The Morgan fingerprint density at radius 1 is 1.38 bits per heavy atom. The first-order chi connectivity index (χ1) is 7.61. The van der Waals surface area contributed by atoms with Crippen molar-refractivity contribution in [2.24, 2.45) is 7.05 Å². The standard InChI is InChI=1S/C12H18N2O2/c1-8-10(12(15)16)13-14(2)11(8)9-6-4-3-5-7-9/h9H,3-7H2,1-2H3,(H,15,16). The smallest absolute Gasteiger partial charge is 0.356 e. The van der Waals surface area contributed by atoms with E-state index in [0.717, 1.165) is 11.3 Å². The summed E-state index contributed by atoms with van der Waals surface area (Å²) in [6, 6.07) is 0. The molecule has 1 saturated carbocycles. The fraction of sp³-hybridized carbons (Fsp3) is 0.667. The molecule has 0 unspecified atom stereocenters. The van der Waals surface area contributed by atoms with Crippen LogP contribution in [0.4, 0.5) is 0 Å². The van der Waals surface area contributed by atoms with Gasteiger partial charge in [0.05, 0.1) is 0 Å². The Hall–Kier alpha value is -1.32. The van der Waals surface area contributed by atoms with Crippen molar-refractivity contribution >= 4 is 5.97 Å². The predicted molar refractivity (Wildman–Crippen MR) is 60.7 cm³/mol. The van der Waals surface area contributed by atoms with Gasteiger partial charge in [0.25, 0.3) is 0 Å². The Morgan fingerprint density at radius 2 is 2.00 bits per heavy atom. The van der Waals surface area contributed by atoms with Crippen molar-refractivity contribution in [1.29, 1.82) is 0 Å². The summed E-state index contributed by atoms with van der Waals surface area (Å²) in [5.41, 5.74) is 2.18. The summed E-state index contributed by atoms with van der Waals surface area (Å²) in [5.74, 6) is -0.422. The normalized spacial score (nSPS) is 17.6. The van der Waals surface area contributed by atoms with Crippen molar-refractivity contribution in [3.05, 3.63) is 17.0 Å². The van der Waals surface area contributed by atoms with Gasteiger partial charge in [-0.1, -0.05) is 19.3 Å². The lowest BCUT2D eigenvalue weighted by molar-refractivity contribution is 0.0689. The van der Waals surface area contributed by atoms with E-state index >= 15 is 0 Å². The molecule has 0 aliphatic heterocycles. The number of aromatic carboxylic acids is 1. The van der Waals surface area contributed by atoms with Crippen LogP contribution in [0, 0.1) is 6.92 Å². The fourth-order valence-corrected chi connectivity index (χ4v) is 2.79. The number of carbonyl (C=O) groups is 1. The van der Waals surface area contributed by atoms with Gasteiger partial charge in [-0.05, 0) is 19.8 Å². The van der Waals surface area contributed by atoms with Crippen LogP contribution in [0.15, 0.2) is 0 Å². The molecule has 0 aromatic carbocycles. The summed E-state index contributed by atoms with van der Waals surface area (Å²) in [5, 5.41) is 13.1. The molecule has 88 valence electrons. The molecule has 1 aliphatic rings. The molecule has 0 amide bonds. The average molecular weight is 222 g/mol. The molecule has 0 radical (unpaired) electrons. The highest BCUT2D eigenvalue weighted by atomic mass is 16.4. The lowest BCUT2D eigenvalue weighted by Gasteiger charge is -2.22. The molecular weight excluding hydrogens is 204 g/mol. The van der Waals surface area contributed by atoms with Gasteiger partial charge in [-0.15, -0.1) is 0 Å². The maximum Gasteiger partial charge on any atom is 0.356 e. The van der Waals surface area contributed by atoms with Gasteiger partial charge in [0.1, 0.15) is 0 Å². The van der Waals surface area contributed by atoms with Crippen LogP contribution in [0.1, 0.15) is 59.8 Å². The molecule has 4 nitrogen and oxygen atoms in total. The van der Waals surface area contributed by atoms with E-state index in [0.29, 0.717) is 5.92 Å². The minimum atomic E-state index is -0.921. The van der Waals surface area contributed by atoms with Crippen molar-refractivity contribution in [3.63, 3.8) is 0 Å². The second-order valence-electron chi connectivity index (χ2n) is 4.62. The monoisotopic (exact) mass is 222 g/mol. The summed E-state index contributed by atoms with van der Waals surface area (Å²) in [7, 11) is 1.85. The van der Waals surface area contributed by atoms with Gasteiger partial charge in [0.15, 0.2) is 5.69 Å². The van der Waals surface area contributed by atoms with Crippen LogP contribution < -0.4 is 0 Å². The Morgan fingerprint density at radius 3 is 2.50 bits per heavy atom. The summed E-state index contributed by atoms with van der Waals surface area (Å²) >= 11 is 0. The molecule has 0 atom stereocenters. The first kappa shape index (κ1) is 11.2. The third kappa shape index (κ3) is 1.84. The number of hydrogen-bond acceptors (Lipinski definition) is 2. The van der Waals surface area contributed by atoms with Crippen LogP contribution >= 0.6 is 0 Å². The molecule has 0 spiro atoms. The topological polar surface area (TPSA) is 55.1 Å². The van der Waals surface area contributed by atoms with Crippen LogP contribution in [0.2, 0.25) is 0 Å². The number of aryl methyl sites for hydroxylation is 1. The van der Waals surface area contributed by atoms with Gasteiger partial charge in [-0.3, -0.25) is 4.68 Å². The predicted octanol–water partition coefficient (Wildman–Crippen LogP) is 2.47. The molecule has 16 heavy (non-hydrogen) atoms. The van der Waals surface area contributed by atoms with Crippen LogP contribution in [-0.2, 0) is 7.05 Å². The van der Waals surface area contributed by atoms with Gasteiger partial charge < -0.3 is 5.11 Å². The summed E-state index contributed by atoms with van der Waals surface area (Å²) in [4.78, 5) is 11.0. The van der Waals surface area contributed by atoms with Crippen LogP contribution in [0.3, 0.4) is 0 Å². The SMILES string of the molecule is Cc1c(C(=O)O)nn(C)c1C1CCCCC1. The number of carboxylic acid groups (broad SMARTS) is 1. The van der Waals surface area contributed by atoms with E-state index in [4.69, 9.17) is 5.11 Å². The summed E-state index contributed by atoms with van der Waals surface area (Å²) in [6.07, 6.45) is 6.13. The van der Waals surface area contributed by atoms with Crippen molar-refractivity contribution in [3.8, 4) is 0 Å². The van der Waals surface area contributed by atoms with Crippen LogP contribution in [-0.4, -0.2) is 20.9 Å². The second kappa shape index (κ2) is 4.28. The van der Waals surface area contributed by atoms with Crippen molar-refractivity contribution < 1.29 is 9.90 Å². The highest BCUT2D eigenvalue weighted by molar-refractivity contribution is 5.87. The molecule has 1 aromatic rings. The molecule has 1 heterocycles. The minimum Gasteiger partial charge on any atom is -0.476 e. The number of carboxylic acids is 1. The largest absolute Gasteiger partial charge is 0.476 e. The zero-order chi connectivity index (χ0) is 11.7. The maximum atomic E-state index is 11.0. The molecule has 1 aromatic heterocycles. The maximum absolute atomic E-state index is 11.0. The number of hydrogen-bond donors (Lipinski definition) is 1. The van der Waals surface area contributed by atoms with Crippen LogP contribution in [0.25, 0.3) is 0 Å². The summed E-state index contributed by atoms with van der Waals surface area (Å²) in [6.45, 7) is 1.88. The molecule has 0 bridgehead atoms. The molecule has 2 rings (SSSR count). The van der Waals surface area contributed by atoms with E-state index in [9.17, 15) is 4.79 Å². The first-order valence-corrected chi connectivity index (χ1v) is 5.88. The summed E-state index contributed by atoms with van der Waals surface area (Å²) < 4.78 is 1.76. The van der Waals surface area contributed by atoms with Gasteiger partial charge in [-0.2, -0.15) is 5.10 Å². The Bertz CT molecular complexity index is 403. The van der Waals surface area contributed by atoms with E-state index < -0.39 is 5.97 Å². The zero-order valence-corrected chi connectivity index (χ0v) is 9.86. The number of aromatic nitrogens is 2. The average Bonchev–Trinajstić information content (AvgIpc) is 2.56. The lowest BCUT2D eigenvalue weighted by Crippen LogP contribution is -2.10. The quantitative estimate of drug-likeness (QED) is 0.836. The van der Waals surface area contributed by atoms with E-state index in [1.807, 2.05) is 14.0 Å². The van der Waals surface area contributed by atoms with Crippen molar-refractivity contribution in [2.75, 3.05) is 0 Å². The molecule has 0 saturated heterocycles. The van der Waals surface area contributed by atoms with Gasteiger partial charge in [0, 0.05) is 24.2 Å². The Labute approximate surface area is 95.3 Å². The third-order valence-corrected chi connectivity index (χ3v) is 3.53. The number of nitrogens with zero attached hydrogens (tertiary/aromatic N) is 2.